The Labute approximate surface area is 120 Å². The standard InChI is InChI=1S/C12H14F2O5S/c1-16-6-18-9-4-8(19-12(13)14)3-7(5-20)10(9)11(15)17-2/h3-4,12,20H,5-6H2,1-2H3. The van der Waals surface area contributed by atoms with E-state index in [2.05, 4.69) is 22.1 Å². The molecule has 1 aromatic rings. The first kappa shape index (κ1) is 16.5. The van der Waals surface area contributed by atoms with Crippen LogP contribution in [0.5, 0.6) is 11.5 Å². The van der Waals surface area contributed by atoms with Crippen molar-refractivity contribution in [1.29, 1.82) is 0 Å². The van der Waals surface area contributed by atoms with Crippen LogP contribution in [0, 0.1) is 0 Å². The van der Waals surface area contributed by atoms with Crippen molar-refractivity contribution in [3.63, 3.8) is 0 Å². The smallest absolute Gasteiger partial charge is 0.387 e. The molecule has 20 heavy (non-hydrogen) atoms. The first-order valence-corrected chi connectivity index (χ1v) is 6.09. The Hall–Kier alpha value is -1.54. The van der Waals surface area contributed by atoms with E-state index >= 15 is 0 Å². The summed E-state index contributed by atoms with van der Waals surface area (Å²) in [7, 11) is 2.59. The quantitative estimate of drug-likeness (QED) is 0.476. The molecule has 0 saturated heterocycles. The van der Waals surface area contributed by atoms with E-state index in [4.69, 9.17) is 9.47 Å². The van der Waals surface area contributed by atoms with Crippen LogP contribution >= 0.6 is 12.6 Å². The minimum Gasteiger partial charge on any atom is -0.467 e. The van der Waals surface area contributed by atoms with E-state index < -0.39 is 12.6 Å². The van der Waals surface area contributed by atoms with Gasteiger partial charge in [-0.3, -0.25) is 0 Å². The molecule has 0 aliphatic carbocycles. The van der Waals surface area contributed by atoms with Gasteiger partial charge in [-0.2, -0.15) is 21.4 Å². The minimum atomic E-state index is -2.98. The van der Waals surface area contributed by atoms with Crippen molar-refractivity contribution in [2.75, 3.05) is 21.0 Å². The number of halogens is 2. The molecule has 0 unspecified atom stereocenters. The van der Waals surface area contributed by atoms with Gasteiger partial charge in [0.05, 0.1) is 7.11 Å². The Morgan fingerprint density at radius 2 is 2.05 bits per heavy atom. The number of ether oxygens (including phenoxy) is 4. The Bertz CT molecular complexity index is 467. The van der Waals surface area contributed by atoms with Gasteiger partial charge in [0.15, 0.2) is 6.79 Å². The maximum Gasteiger partial charge on any atom is 0.387 e. The number of rotatable bonds is 7. The Morgan fingerprint density at radius 3 is 2.55 bits per heavy atom. The lowest BCUT2D eigenvalue weighted by molar-refractivity contribution is -0.0500. The van der Waals surface area contributed by atoms with Crippen molar-refractivity contribution >= 4 is 18.6 Å². The van der Waals surface area contributed by atoms with Gasteiger partial charge in [-0.15, -0.1) is 0 Å². The average molecular weight is 308 g/mol. The summed E-state index contributed by atoms with van der Waals surface area (Å²) in [5.41, 5.74) is 0.450. The number of hydrogen-bond donors (Lipinski definition) is 1. The topological polar surface area (TPSA) is 54.0 Å². The zero-order valence-corrected chi connectivity index (χ0v) is 11.8. The molecule has 1 aromatic carbocycles. The van der Waals surface area contributed by atoms with E-state index in [9.17, 15) is 13.6 Å². The van der Waals surface area contributed by atoms with Gasteiger partial charge in [0, 0.05) is 18.9 Å². The van der Waals surface area contributed by atoms with E-state index in [1.165, 1.54) is 26.4 Å². The van der Waals surface area contributed by atoms with Crippen molar-refractivity contribution in [3.8, 4) is 11.5 Å². The normalized spacial score (nSPS) is 10.5. The van der Waals surface area contributed by atoms with Crippen LogP contribution in [0.25, 0.3) is 0 Å². The molecule has 0 aliphatic rings. The number of thiol groups is 1. The molecule has 0 saturated carbocycles. The van der Waals surface area contributed by atoms with Gasteiger partial charge in [0.25, 0.3) is 0 Å². The first-order valence-electron chi connectivity index (χ1n) is 5.46. The summed E-state index contributed by atoms with van der Waals surface area (Å²) in [6.45, 7) is -3.14. The van der Waals surface area contributed by atoms with Crippen molar-refractivity contribution in [1.82, 2.24) is 0 Å². The summed E-state index contributed by atoms with van der Waals surface area (Å²) >= 11 is 4.05. The average Bonchev–Trinajstić information content (AvgIpc) is 2.42. The zero-order valence-electron chi connectivity index (χ0n) is 10.9. The second-order valence-corrected chi connectivity index (χ2v) is 3.85. The van der Waals surface area contributed by atoms with Gasteiger partial charge in [-0.1, -0.05) is 0 Å². The SMILES string of the molecule is COCOc1cc(OC(F)F)cc(CS)c1C(=O)OC. The van der Waals surface area contributed by atoms with Crippen LogP contribution in [0.4, 0.5) is 8.78 Å². The fraction of sp³-hybridized carbons (Fsp3) is 0.417. The minimum absolute atomic E-state index is 0.0286. The lowest BCUT2D eigenvalue weighted by atomic mass is 10.1. The molecule has 0 bridgehead atoms. The molecule has 1 rings (SSSR count). The summed E-state index contributed by atoms with van der Waals surface area (Å²) in [6, 6.07) is 2.45. The van der Waals surface area contributed by atoms with E-state index in [0.29, 0.717) is 5.56 Å². The highest BCUT2D eigenvalue weighted by Gasteiger charge is 2.21. The molecule has 0 radical (unpaired) electrons. The molecule has 0 spiro atoms. The van der Waals surface area contributed by atoms with Gasteiger partial charge >= 0.3 is 12.6 Å². The van der Waals surface area contributed by atoms with Crippen LogP contribution in [-0.2, 0) is 15.2 Å². The predicted molar refractivity (Wildman–Crippen MR) is 69.6 cm³/mol. The molecule has 0 atom stereocenters. The van der Waals surface area contributed by atoms with Crippen LogP contribution in [0.1, 0.15) is 15.9 Å². The number of alkyl halides is 2. The molecule has 0 aromatic heterocycles. The largest absolute Gasteiger partial charge is 0.467 e. The molecule has 0 aliphatic heterocycles. The van der Waals surface area contributed by atoms with Crippen molar-refractivity contribution in [3.05, 3.63) is 23.3 Å². The summed E-state index contributed by atoms with van der Waals surface area (Å²) in [6.07, 6.45) is 0. The summed E-state index contributed by atoms with van der Waals surface area (Å²) in [4.78, 5) is 11.7. The van der Waals surface area contributed by atoms with Gasteiger partial charge in [-0.05, 0) is 11.6 Å². The lowest BCUT2D eigenvalue weighted by Gasteiger charge is -2.15. The Balaban J connectivity index is 3.27. The van der Waals surface area contributed by atoms with Gasteiger partial charge in [-0.25, -0.2) is 4.79 Å². The molecule has 5 nitrogen and oxygen atoms in total. The van der Waals surface area contributed by atoms with Crippen molar-refractivity contribution in [2.24, 2.45) is 0 Å². The van der Waals surface area contributed by atoms with Crippen LogP contribution in [0.15, 0.2) is 12.1 Å². The molecule has 0 N–H and O–H groups in total. The third-order valence-electron chi connectivity index (χ3n) is 2.27. The van der Waals surface area contributed by atoms with Crippen LogP contribution < -0.4 is 9.47 Å². The van der Waals surface area contributed by atoms with Gasteiger partial charge in [0.1, 0.15) is 17.1 Å². The van der Waals surface area contributed by atoms with Crippen molar-refractivity contribution in [2.45, 2.75) is 12.4 Å². The first-order chi connectivity index (χ1) is 9.53. The summed E-state index contributed by atoms with van der Waals surface area (Å²) in [5, 5.41) is 0. The summed E-state index contributed by atoms with van der Waals surface area (Å²) in [5.74, 6) is -0.652. The van der Waals surface area contributed by atoms with E-state index in [1.54, 1.807) is 0 Å². The molecule has 8 heteroatoms. The second-order valence-electron chi connectivity index (χ2n) is 3.53. The maximum atomic E-state index is 12.3. The van der Waals surface area contributed by atoms with Gasteiger partial charge in [0.2, 0.25) is 0 Å². The number of carbonyl (C=O) groups excluding carboxylic acids is 1. The van der Waals surface area contributed by atoms with E-state index in [1.807, 2.05) is 0 Å². The Kier molecular flexibility index (Phi) is 6.53. The predicted octanol–water partition coefficient (Wildman–Crippen LogP) is 2.49. The Morgan fingerprint density at radius 1 is 1.35 bits per heavy atom. The highest BCUT2D eigenvalue weighted by molar-refractivity contribution is 7.79. The highest BCUT2D eigenvalue weighted by Crippen LogP contribution is 2.31. The molecule has 0 heterocycles. The molecule has 0 fully saturated rings. The van der Waals surface area contributed by atoms with E-state index in [0.717, 1.165) is 0 Å². The number of esters is 1. The number of methoxy groups -OCH3 is 2. The molecular weight excluding hydrogens is 294 g/mol. The van der Waals surface area contributed by atoms with Crippen LogP contribution in [-0.4, -0.2) is 33.6 Å². The zero-order chi connectivity index (χ0) is 15.1. The number of benzene rings is 1. The second kappa shape index (κ2) is 7.91. The third-order valence-corrected chi connectivity index (χ3v) is 2.62. The molecular formula is C12H14F2O5S. The lowest BCUT2D eigenvalue weighted by Crippen LogP contribution is -2.11. The number of carbonyl (C=O) groups is 1. The fourth-order valence-electron chi connectivity index (χ4n) is 1.51. The molecule has 112 valence electrons. The number of hydrogen-bond acceptors (Lipinski definition) is 6. The maximum absolute atomic E-state index is 12.3. The summed E-state index contributed by atoms with van der Waals surface area (Å²) < 4.78 is 43.4. The van der Waals surface area contributed by atoms with Crippen LogP contribution in [0.3, 0.4) is 0 Å². The van der Waals surface area contributed by atoms with E-state index in [-0.39, 0.29) is 29.6 Å². The van der Waals surface area contributed by atoms with Crippen LogP contribution in [0.2, 0.25) is 0 Å². The highest BCUT2D eigenvalue weighted by atomic mass is 32.1. The van der Waals surface area contributed by atoms with Crippen molar-refractivity contribution < 1.29 is 32.5 Å². The third kappa shape index (κ3) is 4.24. The fourth-order valence-corrected chi connectivity index (χ4v) is 1.76. The molecule has 0 amide bonds. The van der Waals surface area contributed by atoms with Gasteiger partial charge < -0.3 is 18.9 Å². The monoisotopic (exact) mass is 308 g/mol.